The molecule has 0 aliphatic heterocycles. The monoisotopic (exact) mass is 228 g/mol. The third-order valence-electron chi connectivity index (χ3n) is 3.38. The molecule has 0 bridgehead atoms. The maximum atomic E-state index is 5.87. The standard InChI is InChI=1S/C13H16N4/c14-13-10(4-3-7-15-13)8-17-9-16-11-5-1-2-6-12(11)17/h3-4,7,9H,1-2,5-6,8H2,(H2,14,15). The van der Waals surface area contributed by atoms with Crippen molar-refractivity contribution in [3.05, 3.63) is 41.6 Å². The molecule has 2 heterocycles. The third-order valence-corrected chi connectivity index (χ3v) is 3.38. The number of aromatic nitrogens is 3. The maximum absolute atomic E-state index is 5.87. The summed E-state index contributed by atoms with van der Waals surface area (Å²) in [5, 5.41) is 0. The average Bonchev–Trinajstić information content (AvgIpc) is 2.76. The Morgan fingerprint density at radius 1 is 1.24 bits per heavy atom. The van der Waals surface area contributed by atoms with Crippen molar-refractivity contribution in [1.82, 2.24) is 14.5 Å². The van der Waals surface area contributed by atoms with E-state index in [-0.39, 0.29) is 0 Å². The summed E-state index contributed by atoms with van der Waals surface area (Å²) >= 11 is 0. The van der Waals surface area contributed by atoms with E-state index in [0.29, 0.717) is 5.82 Å². The fraction of sp³-hybridized carbons (Fsp3) is 0.385. The van der Waals surface area contributed by atoms with E-state index in [0.717, 1.165) is 24.9 Å². The summed E-state index contributed by atoms with van der Waals surface area (Å²) in [5.74, 6) is 0.616. The number of nitrogen functional groups attached to an aromatic ring is 1. The van der Waals surface area contributed by atoms with Gasteiger partial charge in [-0.15, -0.1) is 0 Å². The van der Waals surface area contributed by atoms with Crippen LogP contribution in [0.4, 0.5) is 5.82 Å². The van der Waals surface area contributed by atoms with Crippen LogP contribution in [0.25, 0.3) is 0 Å². The van der Waals surface area contributed by atoms with E-state index < -0.39 is 0 Å². The first-order valence-electron chi connectivity index (χ1n) is 6.07. The van der Waals surface area contributed by atoms with Crippen molar-refractivity contribution in [2.75, 3.05) is 5.73 Å². The van der Waals surface area contributed by atoms with Crippen molar-refractivity contribution >= 4 is 5.82 Å². The van der Waals surface area contributed by atoms with Gasteiger partial charge in [0.25, 0.3) is 0 Å². The topological polar surface area (TPSA) is 56.7 Å². The van der Waals surface area contributed by atoms with E-state index in [9.17, 15) is 0 Å². The second-order valence-electron chi connectivity index (χ2n) is 4.52. The predicted octanol–water partition coefficient (Wildman–Crippen LogP) is 1.79. The highest BCUT2D eigenvalue weighted by molar-refractivity contribution is 5.38. The second-order valence-corrected chi connectivity index (χ2v) is 4.52. The van der Waals surface area contributed by atoms with E-state index >= 15 is 0 Å². The molecule has 0 fully saturated rings. The van der Waals surface area contributed by atoms with Crippen LogP contribution in [-0.4, -0.2) is 14.5 Å². The third kappa shape index (κ3) is 1.90. The molecule has 0 amide bonds. The molecule has 0 atom stereocenters. The first kappa shape index (κ1) is 10.3. The molecule has 4 nitrogen and oxygen atoms in total. The molecular formula is C13H16N4. The normalized spacial score (nSPS) is 14.6. The molecule has 0 spiro atoms. The SMILES string of the molecule is Nc1ncccc1Cn1cnc2c1CCCC2. The van der Waals surface area contributed by atoms with Gasteiger partial charge in [0.05, 0.1) is 18.6 Å². The second kappa shape index (κ2) is 4.20. The summed E-state index contributed by atoms with van der Waals surface area (Å²) < 4.78 is 2.21. The van der Waals surface area contributed by atoms with Crippen LogP contribution in [0.1, 0.15) is 29.8 Å². The van der Waals surface area contributed by atoms with Gasteiger partial charge in [0.2, 0.25) is 0 Å². The van der Waals surface area contributed by atoms with E-state index in [1.54, 1.807) is 6.20 Å². The molecule has 17 heavy (non-hydrogen) atoms. The minimum Gasteiger partial charge on any atom is -0.383 e. The van der Waals surface area contributed by atoms with Crippen LogP contribution in [0, 0.1) is 0 Å². The van der Waals surface area contributed by atoms with E-state index in [1.165, 1.54) is 24.2 Å². The van der Waals surface area contributed by atoms with Crippen LogP contribution in [0.3, 0.4) is 0 Å². The molecule has 2 aromatic heterocycles. The molecule has 0 saturated heterocycles. The fourth-order valence-corrected chi connectivity index (χ4v) is 2.44. The van der Waals surface area contributed by atoms with E-state index in [4.69, 9.17) is 5.73 Å². The summed E-state index contributed by atoms with van der Waals surface area (Å²) in [4.78, 5) is 8.60. The van der Waals surface area contributed by atoms with Crippen LogP contribution in [0.15, 0.2) is 24.7 Å². The van der Waals surface area contributed by atoms with Gasteiger partial charge in [-0.05, 0) is 31.7 Å². The Morgan fingerprint density at radius 2 is 2.12 bits per heavy atom. The molecule has 3 rings (SSSR count). The largest absolute Gasteiger partial charge is 0.383 e. The molecule has 0 radical (unpaired) electrons. The van der Waals surface area contributed by atoms with Crippen molar-refractivity contribution in [3.8, 4) is 0 Å². The molecule has 2 N–H and O–H groups in total. The first-order valence-corrected chi connectivity index (χ1v) is 6.07. The summed E-state index contributed by atoms with van der Waals surface area (Å²) in [7, 11) is 0. The van der Waals surface area contributed by atoms with E-state index in [2.05, 4.69) is 14.5 Å². The number of hydrogen-bond acceptors (Lipinski definition) is 3. The number of hydrogen-bond donors (Lipinski definition) is 1. The Hall–Kier alpha value is -1.84. The molecule has 0 aromatic carbocycles. The van der Waals surface area contributed by atoms with Gasteiger partial charge >= 0.3 is 0 Å². The Balaban J connectivity index is 1.91. The molecule has 1 aliphatic carbocycles. The quantitative estimate of drug-likeness (QED) is 0.852. The minimum atomic E-state index is 0.616. The molecule has 2 aromatic rings. The zero-order valence-electron chi connectivity index (χ0n) is 9.76. The van der Waals surface area contributed by atoms with E-state index in [1.807, 2.05) is 18.5 Å². The minimum absolute atomic E-state index is 0.616. The predicted molar refractivity (Wildman–Crippen MR) is 66.6 cm³/mol. The Kier molecular flexibility index (Phi) is 2.55. The molecule has 0 saturated carbocycles. The number of imidazole rings is 1. The van der Waals surface area contributed by atoms with Gasteiger partial charge in [-0.2, -0.15) is 0 Å². The van der Waals surface area contributed by atoms with Gasteiger partial charge in [0, 0.05) is 17.5 Å². The van der Waals surface area contributed by atoms with Gasteiger partial charge in [-0.25, -0.2) is 9.97 Å². The Bertz CT molecular complexity index is 530. The summed E-state index contributed by atoms with van der Waals surface area (Å²) in [6, 6.07) is 3.95. The zero-order valence-corrected chi connectivity index (χ0v) is 9.76. The summed E-state index contributed by atoms with van der Waals surface area (Å²) in [6.07, 6.45) is 8.44. The van der Waals surface area contributed by atoms with Crippen molar-refractivity contribution in [2.24, 2.45) is 0 Å². The fourth-order valence-electron chi connectivity index (χ4n) is 2.44. The first-order chi connectivity index (χ1) is 8.34. The number of pyridine rings is 1. The van der Waals surface area contributed by atoms with Crippen LogP contribution >= 0.6 is 0 Å². The van der Waals surface area contributed by atoms with Gasteiger partial charge < -0.3 is 10.3 Å². The van der Waals surface area contributed by atoms with Crippen LogP contribution in [0.2, 0.25) is 0 Å². The lowest BCUT2D eigenvalue weighted by atomic mass is 10.0. The number of rotatable bonds is 2. The Labute approximate surface area is 101 Å². The molecular weight excluding hydrogens is 212 g/mol. The molecule has 0 unspecified atom stereocenters. The Morgan fingerprint density at radius 3 is 3.00 bits per heavy atom. The lowest BCUT2D eigenvalue weighted by Gasteiger charge is -2.14. The highest BCUT2D eigenvalue weighted by Crippen LogP contribution is 2.21. The summed E-state index contributed by atoms with van der Waals surface area (Å²) in [6.45, 7) is 0.780. The van der Waals surface area contributed by atoms with Crippen LogP contribution in [-0.2, 0) is 19.4 Å². The van der Waals surface area contributed by atoms with Crippen molar-refractivity contribution < 1.29 is 0 Å². The number of aryl methyl sites for hydroxylation is 1. The number of nitrogens with zero attached hydrogens (tertiary/aromatic N) is 3. The van der Waals surface area contributed by atoms with Gasteiger partial charge in [0.15, 0.2) is 0 Å². The molecule has 88 valence electrons. The smallest absolute Gasteiger partial charge is 0.128 e. The average molecular weight is 228 g/mol. The molecule has 1 aliphatic rings. The lowest BCUT2D eigenvalue weighted by molar-refractivity contribution is 0.628. The summed E-state index contributed by atoms with van der Waals surface area (Å²) in [5.41, 5.74) is 9.57. The van der Waals surface area contributed by atoms with Crippen LogP contribution < -0.4 is 5.73 Å². The zero-order chi connectivity index (χ0) is 11.7. The number of fused-ring (bicyclic) bond motifs is 1. The van der Waals surface area contributed by atoms with Crippen molar-refractivity contribution in [3.63, 3.8) is 0 Å². The maximum Gasteiger partial charge on any atom is 0.128 e. The lowest BCUT2D eigenvalue weighted by Crippen LogP contribution is -2.10. The number of anilines is 1. The highest BCUT2D eigenvalue weighted by atomic mass is 15.1. The van der Waals surface area contributed by atoms with Crippen molar-refractivity contribution in [1.29, 1.82) is 0 Å². The van der Waals surface area contributed by atoms with Gasteiger partial charge in [-0.1, -0.05) is 6.07 Å². The highest BCUT2D eigenvalue weighted by Gasteiger charge is 2.15. The molecule has 4 heteroatoms. The van der Waals surface area contributed by atoms with Gasteiger partial charge in [0.1, 0.15) is 5.82 Å². The van der Waals surface area contributed by atoms with Crippen LogP contribution in [0.5, 0.6) is 0 Å². The van der Waals surface area contributed by atoms with Crippen molar-refractivity contribution in [2.45, 2.75) is 32.2 Å². The number of nitrogens with two attached hydrogens (primary N) is 1. The van der Waals surface area contributed by atoms with Gasteiger partial charge in [-0.3, -0.25) is 0 Å².